The lowest BCUT2D eigenvalue weighted by Gasteiger charge is -2.31. The number of hydrogen-bond donors (Lipinski definition) is 1. The molecule has 11 heteroatoms. The molecule has 186 valence electrons. The molecule has 0 aliphatic carbocycles. The topological polar surface area (TPSA) is 86.8 Å². The fourth-order valence-corrected chi connectivity index (χ4v) is 4.46. The molecule has 0 saturated carbocycles. The van der Waals surface area contributed by atoms with Gasteiger partial charge in [0.05, 0.1) is 22.0 Å². The van der Waals surface area contributed by atoms with Gasteiger partial charge in [-0.3, -0.25) is 13.9 Å². The van der Waals surface area contributed by atoms with Crippen LogP contribution in [0.25, 0.3) is 0 Å². The van der Waals surface area contributed by atoms with Crippen LogP contribution in [0.1, 0.15) is 26.3 Å². The Labute approximate surface area is 216 Å². The summed E-state index contributed by atoms with van der Waals surface area (Å²) >= 11 is 18.2. The predicted molar refractivity (Wildman–Crippen MR) is 138 cm³/mol. The standard InChI is InChI=1S/C23H28Cl3N3O4S/c1-15(2)12-27-23(31)16(3)28(13-17-8-9-20(25)21(26)10-17)22(30)14-29(34(4,32)33)19-7-5-6-18(24)11-19/h5-11,15-16H,12-14H2,1-4H3,(H,27,31). The van der Waals surface area contributed by atoms with Gasteiger partial charge >= 0.3 is 0 Å². The number of carbonyl (C=O) groups is 2. The van der Waals surface area contributed by atoms with Crippen LogP contribution >= 0.6 is 34.8 Å². The van der Waals surface area contributed by atoms with Gasteiger partial charge in [0, 0.05) is 18.1 Å². The van der Waals surface area contributed by atoms with E-state index in [2.05, 4.69) is 5.32 Å². The van der Waals surface area contributed by atoms with Crippen molar-refractivity contribution >= 4 is 62.3 Å². The van der Waals surface area contributed by atoms with Gasteiger partial charge in [0.1, 0.15) is 12.6 Å². The number of halogens is 3. The zero-order chi connectivity index (χ0) is 25.6. The number of nitrogens with one attached hydrogen (secondary N) is 1. The van der Waals surface area contributed by atoms with E-state index in [1.54, 1.807) is 43.3 Å². The Bertz CT molecular complexity index is 1140. The molecule has 1 atom stereocenters. The third-order valence-corrected chi connectivity index (χ3v) is 7.08. The molecule has 0 aliphatic rings. The normalized spacial score (nSPS) is 12.4. The summed E-state index contributed by atoms with van der Waals surface area (Å²) in [6.07, 6.45) is 1.00. The van der Waals surface area contributed by atoms with Gasteiger partial charge in [0.2, 0.25) is 21.8 Å². The minimum atomic E-state index is -3.83. The summed E-state index contributed by atoms with van der Waals surface area (Å²) in [5, 5.41) is 3.81. The smallest absolute Gasteiger partial charge is 0.244 e. The van der Waals surface area contributed by atoms with Crippen LogP contribution in [-0.4, -0.2) is 50.5 Å². The van der Waals surface area contributed by atoms with E-state index in [9.17, 15) is 18.0 Å². The number of sulfonamides is 1. The van der Waals surface area contributed by atoms with E-state index in [0.717, 1.165) is 10.6 Å². The summed E-state index contributed by atoms with van der Waals surface area (Å²) in [7, 11) is -3.83. The maximum atomic E-state index is 13.4. The van der Waals surface area contributed by atoms with Gasteiger partial charge < -0.3 is 10.2 Å². The molecule has 7 nitrogen and oxygen atoms in total. The third-order valence-electron chi connectivity index (χ3n) is 4.96. The van der Waals surface area contributed by atoms with E-state index in [1.807, 2.05) is 13.8 Å². The highest BCUT2D eigenvalue weighted by atomic mass is 35.5. The molecule has 0 aliphatic heterocycles. The molecule has 0 bridgehead atoms. The Hall–Kier alpha value is -2.00. The summed E-state index contributed by atoms with van der Waals surface area (Å²) in [6, 6.07) is 10.2. The van der Waals surface area contributed by atoms with Crippen LogP contribution < -0.4 is 9.62 Å². The molecule has 2 aromatic carbocycles. The van der Waals surface area contributed by atoms with Gasteiger partial charge in [-0.05, 0) is 48.7 Å². The van der Waals surface area contributed by atoms with E-state index >= 15 is 0 Å². The highest BCUT2D eigenvalue weighted by Crippen LogP contribution is 2.25. The minimum absolute atomic E-state index is 0.0269. The third kappa shape index (κ3) is 8.05. The second kappa shape index (κ2) is 12.1. The molecular weight excluding hydrogens is 521 g/mol. The van der Waals surface area contributed by atoms with Crippen LogP contribution in [0, 0.1) is 5.92 Å². The Balaban J connectivity index is 2.39. The second-order valence-electron chi connectivity index (χ2n) is 8.33. The van der Waals surface area contributed by atoms with Gasteiger partial charge in [-0.2, -0.15) is 0 Å². The largest absolute Gasteiger partial charge is 0.354 e. The van der Waals surface area contributed by atoms with Crippen molar-refractivity contribution in [3.63, 3.8) is 0 Å². The fourth-order valence-electron chi connectivity index (χ4n) is 3.11. The number of anilines is 1. The maximum absolute atomic E-state index is 13.4. The first kappa shape index (κ1) is 28.2. The number of benzene rings is 2. The van der Waals surface area contributed by atoms with Crippen LogP contribution in [0.2, 0.25) is 15.1 Å². The van der Waals surface area contributed by atoms with Crippen molar-refractivity contribution in [3.8, 4) is 0 Å². The molecule has 0 fully saturated rings. The average Bonchev–Trinajstić information content (AvgIpc) is 2.75. The Morgan fingerprint density at radius 2 is 1.68 bits per heavy atom. The van der Waals surface area contributed by atoms with Crippen molar-refractivity contribution < 1.29 is 18.0 Å². The van der Waals surface area contributed by atoms with Gasteiger partial charge in [0.15, 0.2) is 0 Å². The first-order valence-corrected chi connectivity index (χ1v) is 13.5. The van der Waals surface area contributed by atoms with Crippen molar-refractivity contribution in [2.75, 3.05) is 23.7 Å². The van der Waals surface area contributed by atoms with Crippen molar-refractivity contribution in [2.45, 2.75) is 33.4 Å². The summed E-state index contributed by atoms with van der Waals surface area (Å²) < 4.78 is 26.0. The van der Waals surface area contributed by atoms with E-state index in [-0.39, 0.29) is 24.1 Å². The molecule has 1 N–H and O–H groups in total. The van der Waals surface area contributed by atoms with Crippen molar-refractivity contribution in [2.24, 2.45) is 5.92 Å². The molecule has 2 rings (SSSR count). The molecule has 0 aromatic heterocycles. The lowest BCUT2D eigenvalue weighted by Crippen LogP contribution is -2.51. The van der Waals surface area contributed by atoms with Crippen molar-refractivity contribution in [3.05, 3.63) is 63.1 Å². The van der Waals surface area contributed by atoms with Crippen LogP contribution in [-0.2, 0) is 26.2 Å². The second-order valence-corrected chi connectivity index (χ2v) is 11.5. The molecule has 1 unspecified atom stereocenters. The summed E-state index contributed by atoms with van der Waals surface area (Å²) in [4.78, 5) is 27.6. The lowest BCUT2D eigenvalue weighted by atomic mass is 10.1. The number of rotatable bonds is 10. The van der Waals surface area contributed by atoms with Gasteiger partial charge in [-0.15, -0.1) is 0 Å². The van der Waals surface area contributed by atoms with E-state index in [0.29, 0.717) is 27.2 Å². The average molecular weight is 549 g/mol. The quantitative estimate of drug-likeness (QED) is 0.470. The molecule has 2 amide bonds. The monoisotopic (exact) mass is 547 g/mol. The number of nitrogens with zero attached hydrogens (tertiary/aromatic N) is 2. The van der Waals surface area contributed by atoms with Crippen LogP contribution in [0.5, 0.6) is 0 Å². The van der Waals surface area contributed by atoms with E-state index in [4.69, 9.17) is 34.8 Å². The number of carbonyl (C=O) groups excluding carboxylic acids is 2. The fraction of sp³-hybridized carbons (Fsp3) is 0.391. The zero-order valence-corrected chi connectivity index (χ0v) is 22.5. The summed E-state index contributed by atoms with van der Waals surface area (Å²) in [5.41, 5.74) is 0.884. The van der Waals surface area contributed by atoms with E-state index in [1.165, 1.54) is 11.0 Å². The Morgan fingerprint density at radius 3 is 2.24 bits per heavy atom. The van der Waals surface area contributed by atoms with Crippen LogP contribution in [0.15, 0.2) is 42.5 Å². The number of hydrogen-bond acceptors (Lipinski definition) is 4. The molecule has 34 heavy (non-hydrogen) atoms. The SMILES string of the molecule is CC(C)CNC(=O)C(C)N(Cc1ccc(Cl)c(Cl)c1)C(=O)CN(c1cccc(Cl)c1)S(C)(=O)=O. The molecule has 0 saturated heterocycles. The molecule has 0 heterocycles. The van der Waals surface area contributed by atoms with Gasteiger partial charge in [0.25, 0.3) is 0 Å². The number of amides is 2. The van der Waals surface area contributed by atoms with Crippen molar-refractivity contribution in [1.82, 2.24) is 10.2 Å². The minimum Gasteiger partial charge on any atom is -0.354 e. The zero-order valence-electron chi connectivity index (χ0n) is 19.4. The first-order valence-electron chi connectivity index (χ1n) is 10.5. The maximum Gasteiger partial charge on any atom is 0.244 e. The van der Waals surface area contributed by atoms with Gasteiger partial charge in [-0.1, -0.05) is 60.8 Å². The predicted octanol–water partition coefficient (Wildman–Crippen LogP) is 4.60. The summed E-state index contributed by atoms with van der Waals surface area (Å²) in [6.45, 7) is 5.46. The van der Waals surface area contributed by atoms with Crippen LogP contribution in [0.4, 0.5) is 5.69 Å². The highest BCUT2D eigenvalue weighted by molar-refractivity contribution is 7.92. The summed E-state index contributed by atoms with van der Waals surface area (Å²) in [5.74, 6) is -0.696. The lowest BCUT2D eigenvalue weighted by molar-refractivity contribution is -0.139. The Kier molecular flexibility index (Phi) is 10.1. The highest BCUT2D eigenvalue weighted by Gasteiger charge is 2.30. The van der Waals surface area contributed by atoms with E-state index < -0.39 is 28.5 Å². The molecule has 0 radical (unpaired) electrons. The van der Waals surface area contributed by atoms with Crippen LogP contribution in [0.3, 0.4) is 0 Å². The molecular formula is C23H28Cl3N3O4S. The molecule has 0 spiro atoms. The van der Waals surface area contributed by atoms with Crippen molar-refractivity contribution in [1.29, 1.82) is 0 Å². The first-order chi connectivity index (χ1) is 15.8. The Morgan fingerprint density at radius 1 is 1.00 bits per heavy atom. The van der Waals surface area contributed by atoms with Gasteiger partial charge in [-0.25, -0.2) is 8.42 Å². The molecule has 2 aromatic rings.